The second-order valence-corrected chi connectivity index (χ2v) is 6.72. The monoisotopic (exact) mass is 443 g/mol. The van der Waals surface area contributed by atoms with Crippen molar-refractivity contribution in [1.29, 1.82) is 0 Å². The molecule has 0 aliphatic carbocycles. The fourth-order valence-electron chi connectivity index (χ4n) is 2.05. The van der Waals surface area contributed by atoms with Crippen LogP contribution in [0, 0.1) is 3.57 Å². The average molecular weight is 443 g/mol. The zero-order valence-corrected chi connectivity index (χ0v) is 15.5. The third-order valence-corrected chi connectivity index (χ3v) is 5.64. The highest BCUT2D eigenvalue weighted by Crippen LogP contribution is 2.30. The van der Waals surface area contributed by atoms with Gasteiger partial charge in [0.05, 0.1) is 5.69 Å². The standard InChI is InChI=1S/C14H14IN5O2S/c1-16-11-5-3-4-6-12(11)22-7-9-10(15)8-23-13(9)20-14(21)19(2)17-18-20/h3-6,8,16H,7H2,1-2H3. The van der Waals surface area contributed by atoms with Crippen molar-refractivity contribution in [3.8, 4) is 10.8 Å². The largest absolute Gasteiger partial charge is 0.487 e. The van der Waals surface area contributed by atoms with E-state index in [1.54, 1.807) is 7.05 Å². The van der Waals surface area contributed by atoms with Crippen LogP contribution in [0.15, 0.2) is 34.4 Å². The number of aromatic nitrogens is 4. The Hall–Kier alpha value is -1.88. The summed E-state index contributed by atoms with van der Waals surface area (Å²) in [6.07, 6.45) is 0. The van der Waals surface area contributed by atoms with Crippen LogP contribution in [-0.4, -0.2) is 26.8 Å². The lowest BCUT2D eigenvalue weighted by Gasteiger charge is -2.11. The first-order valence-corrected chi connectivity index (χ1v) is 8.72. The lowest BCUT2D eigenvalue weighted by Crippen LogP contribution is -2.22. The van der Waals surface area contributed by atoms with Gasteiger partial charge >= 0.3 is 5.69 Å². The molecular formula is C14H14IN5O2S. The highest BCUT2D eigenvalue weighted by Gasteiger charge is 2.17. The second-order valence-electron chi connectivity index (χ2n) is 4.70. The van der Waals surface area contributed by atoms with Gasteiger partial charge in [0.2, 0.25) is 0 Å². The molecule has 0 aliphatic rings. The molecule has 0 amide bonds. The van der Waals surface area contributed by atoms with Crippen LogP contribution < -0.4 is 15.7 Å². The molecule has 0 aliphatic heterocycles. The van der Waals surface area contributed by atoms with Crippen LogP contribution in [0.4, 0.5) is 5.69 Å². The van der Waals surface area contributed by atoms with E-state index in [-0.39, 0.29) is 5.69 Å². The highest BCUT2D eigenvalue weighted by molar-refractivity contribution is 14.1. The lowest BCUT2D eigenvalue weighted by molar-refractivity contribution is 0.307. The van der Waals surface area contributed by atoms with Gasteiger partial charge in [0.25, 0.3) is 0 Å². The van der Waals surface area contributed by atoms with Gasteiger partial charge in [-0.3, -0.25) is 0 Å². The molecule has 0 bridgehead atoms. The van der Waals surface area contributed by atoms with Crippen molar-refractivity contribution >= 4 is 39.6 Å². The Morgan fingerprint density at radius 2 is 2.13 bits per heavy atom. The summed E-state index contributed by atoms with van der Waals surface area (Å²) in [5.41, 5.74) is 1.56. The summed E-state index contributed by atoms with van der Waals surface area (Å²) >= 11 is 3.68. The Balaban J connectivity index is 1.91. The van der Waals surface area contributed by atoms with Crippen LogP contribution in [0.25, 0.3) is 5.00 Å². The Morgan fingerprint density at radius 1 is 1.35 bits per heavy atom. The maximum atomic E-state index is 12.1. The molecule has 3 aromatic rings. The minimum Gasteiger partial charge on any atom is -0.487 e. The van der Waals surface area contributed by atoms with Crippen molar-refractivity contribution in [3.05, 3.63) is 49.3 Å². The van der Waals surface area contributed by atoms with Crippen LogP contribution in [-0.2, 0) is 13.7 Å². The van der Waals surface area contributed by atoms with Gasteiger partial charge in [0.15, 0.2) is 0 Å². The Labute approximate surface area is 150 Å². The zero-order valence-electron chi connectivity index (χ0n) is 12.5. The van der Waals surface area contributed by atoms with E-state index in [4.69, 9.17) is 4.74 Å². The molecule has 1 N–H and O–H groups in total. The fourth-order valence-corrected chi connectivity index (χ4v) is 3.91. The average Bonchev–Trinajstić information content (AvgIpc) is 3.09. The number of rotatable bonds is 5. The van der Waals surface area contributed by atoms with Gasteiger partial charge in [-0.05, 0) is 45.2 Å². The van der Waals surface area contributed by atoms with Crippen LogP contribution in [0.2, 0.25) is 0 Å². The summed E-state index contributed by atoms with van der Waals surface area (Å²) in [6, 6.07) is 7.71. The molecule has 2 heterocycles. The Kier molecular flexibility index (Phi) is 4.66. The van der Waals surface area contributed by atoms with Gasteiger partial charge in [-0.1, -0.05) is 12.1 Å². The third-order valence-electron chi connectivity index (χ3n) is 3.26. The minimum atomic E-state index is -0.278. The van der Waals surface area contributed by atoms with Gasteiger partial charge in [-0.2, -0.15) is 4.68 Å². The molecule has 3 rings (SSSR count). The molecule has 7 nitrogen and oxygen atoms in total. The maximum absolute atomic E-state index is 12.1. The van der Waals surface area contributed by atoms with Gasteiger partial charge in [-0.25, -0.2) is 4.79 Å². The summed E-state index contributed by atoms with van der Waals surface area (Å²) in [7, 11) is 3.42. The van der Waals surface area contributed by atoms with Gasteiger partial charge in [0.1, 0.15) is 17.4 Å². The normalized spacial score (nSPS) is 10.7. The summed E-state index contributed by atoms with van der Waals surface area (Å²) in [5, 5.41) is 13.5. The number of para-hydroxylation sites is 2. The first kappa shape index (κ1) is 16.0. The first-order chi connectivity index (χ1) is 11.1. The quantitative estimate of drug-likeness (QED) is 0.613. The molecule has 0 saturated heterocycles. The number of ether oxygens (including phenoxy) is 1. The molecule has 0 radical (unpaired) electrons. The molecule has 9 heteroatoms. The first-order valence-electron chi connectivity index (χ1n) is 6.76. The molecule has 1 aromatic carbocycles. The highest BCUT2D eigenvalue weighted by atomic mass is 127. The summed E-state index contributed by atoms with van der Waals surface area (Å²) in [5.74, 6) is 0.759. The van der Waals surface area contributed by atoms with Gasteiger partial charge < -0.3 is 10.1 Å². The topological polar surface area (TPSA) is 74.0 Å². The Bertz CT molecular complexity index is 885. The number of halogens is 1. The summed E-state index contributed by atoms with van der Waals surface area (Å²) < 4.78 is 9.46. The number of anilines is 1. The molecular weight excluding hydrogens is 429 g/mol. The number of hydrogen-bond acceptors (Lipinski definition) is 6. The molecule has 0 atom stereocenters. The van der Waals surface area contributed by atoms with E-state index in [2.05, 4.69) is 38.3 Å². The van der Waals surface area contributed by atoms with Crippen molar-refractivity contribution in [1.82, 2.24) is 19.8 Å². The van der Waals surface area contributed by atoms with Crippen LogP contribution in [0.3, 0.4) is 0 Å². The SMILES string of the molecule is CNc1ccccc1OCc1c(I)csc1-n1nnn(C)c1=O. The van der Waals surface area contributed by atoms with E-state index < -0.39 is 0 Å². The molecule has 23 heavy (non-hydrogen) atoms. The number of nitrogens with one attached hydrogen (secondary N) is 1. The van der Waals surface area contributed by atoms with E-state index >= 15 is 0 Å². The lowest BCUT2D eigenvalue weighted by atomic mass is 10.3. The number of thiophene rings is 1. The molecule has 120 valence electrons. The van der Waals surface area contributed by atoms with Crippen molar-refractivity contribution in [3.63, 3.8) is 0 Å². The minimum absolute atomic E-state index is 0.278. The van der Waals surface area contributed by atoms with E-state index in [0.29, 0.717) is 6.61 Å². The van der Waals surface area contributed by atoms with Gasteiger partial charge in [-0.15, -0.1) is 16.0 Å². The molecule has 0 saturated carbocycles. The smallest absolute Gasteiger partial charge is 0.368 e. The number of tetrazole rings is 1. The van der Waals surface area contributed by atoms with Crippen molar-refractivity contribution < 1.29 is 4.74 Å². The number of hydrogen-bond donors (Lipinski definition) is 1. The number of nitrogens with zero attached hydrogens (tertiary/aromatic N) is 4. The van der Waals surface area contributed by atoms with E-state index in [1.807, 2.05) is 36.7 Å². The predicted molar refractivity (Wildman–Crippen MR) is 97.5 cm³/mol. The molecule has 0 unspecified atom stereocenters. The van der Waals surface area contributed by atoms with E-state index in [0.717, 1.165) is 25.6 Å². The van der Waals surface area contributed by atoms with E-state index in [9.17, 15) is 4.79 Å². The summed E-state index contributed by atoms with van der Waals surface area (Å²) in [4.78, 5) is 12.1. The van der Waals surface area contributed by atoms with Crippen LogP contribution >= 0.6 is 33.9 Å². The third kappa shape index (κ3) is 3.11. The van der Waals surface area contributed by atoms with Crippen LogP contribution in [0.1, 0.15) is 5.56 Å². The summed E-state index contributed by atoms with van der Waals surface area (Å²) in [6.45, 7) is 0.346. The molecule has 0 spiro atoms. The fraction of sp³-hybridized carbons (Fsp3) is 0.214. The zero-order chi connectivity index (χ0) is 16.4. The maximum Gasteiger partial charge on any atom is 0.368 e. The number of benzene rings is 1. The van der Waals surface area contributed by atoms with Crippen molar-refractivity contribution in [2.75, 3.05) is 12.4 Å². The molecule has 2 aromatic heterocycles. The van der Waals surface area contributed by atoms with Crippen molar-refractivity contribution in [2.24, 2.45) is 7.05 Å². The predicted octanol–water partition coefficient (Wildman–Crippen LogP) is 2.25. The van der Waals surface area contributed by atoms with Crippen molar-refractivity contribution in [2.45, 2.75) is 6.61 Å². The van der Waals surface area contributed by atoms with Crippen LogP contribution in [0.5, 0.6) is 5.75 Å². The van der Waals surface area contributed by atoms with Gasteiger partial charge in [0, 0.05) is 28.6 Å². The van der Waals surface area contributed by atoms with E-state index in [1.165, 1.54) is 20.7 Å². The molecule has 0 fully saturated rings. The number of aryl methyl sites for hydroxylation is 1. The Morgan fingerprint density at radius 3 is 2.83 bits per heavy atom. The second kappa shape index (κ2) is 6.71.